The molecular weight excluding hydrogens is 502 g/mol. The van der Waals surface area contributed by atoms with Crippen LogP contribution in [0.4, 0.5) is 0 Å². The molecule has 0 aliphatic carbocycles. The molecule has 0 fully saturated rings. The van der Waals surface area contributed by atoms with Crippen molar-refractivity contribution in [1.82, 2.24) is 4.57 Å². The van der Waals surface area contributed by atoms with Crippen LogP contribution in [0.25, 0.3) is 16.9 Å². The van der Waals surface area contributed by atoms with Crippen molar-refractivity contribution in [3.8, 4) is 22.7 Å². The fourth-order valence-electron chi connectivity index (χ4n) is 3.49. The van der Waals surface area contributed by atoms with Gasteiger partial charge in [-0.3, -0.25) is 0 Å². The van der Waals surface area contributed by atoms with Gasteiger partial charge in [-0.25, -0.2) is 4.79 Å². The third-order valence-corrected chi connectivity index (χ3v) is 5.66. The molecule has 0 amide bonds. The van der Waals surface area contributed by atoms with E-state index in [1.165, 1.54) is 0 Å². The van der Waals surface area contributed by atoms with Gasteiger partial charge in [-0.15, -0.1) is 0 Å². The van der Waals surface area contributed by atoms with Gasteiger partial charge < -0.3 is 14.4 Å². The van der Waals surface area contributed by atoms with Crippen LogP contribution in [0.5, 0.6) is 5.75 Å². The summed E-state index contributed by atoms with van der Waals surface area (Å²) >= 11 is 9.65. The molecule has 4 nitrogen and oxygen atoms in total. The van der Waals surface area contributed by atoms with E-state index in [1.54, 1.807) is 18.2 Å². The number of carbonyl (C=O) groups is 1. The Labute approximate surface area is 207 Å². The Balaban J connectivity index is 0.00000149. The number of halogens is 2. The minimum Gasteiger partial charge on any atom is -0.488 e. The zero-order valence-corrected chi connectivity index (χ0v) is 21.0. The molecule has 0 atom stereocenters. The maximum atomic E-state index is 11.5. The van der Waals surface area contributed by atoms with E-state index in [0.717, 1.165) is 38.4 Å². The molecule has 0 saturated heterocycles. The van der Waals surface area contributed by atoms with Gasteiger partial charge in [-0.1, -0.05) is 59.6 Å². The molecule has 6 heteroatoms. The van der Waals surface area contributed by atoms with Crippen LogP contribution < -0.4 is 4.74 Å². The summed E-state index contributed by atoms with van der Waals surface area (Å²) in [4.78, 5) is 11.5. The van der Waals surface area contributed by atoms with E-state index in [1.807, 2.05) is 86.0 Å². The number of aromatic nitrogens is 1. The van der Waals surface area contributed by atoms with Gasteiger partial charge >= 0.3 is 5.97 Å². The van der Waals surface area contributed by atoms with Crippen molar-refractivity contribution >= 4 is 33.5 Å². The highest BCUT2D eigenvalue weighted by Crippen LogP contribution is 2.36. The highest BCUT2D eigenvalue weighted by Gasteiger charge is 2.16. The smallest absolute Gasteiger partial charge is 0.335 e. The van der Waals surface area contributed by atoms with Crippen molar-refractivity contribution in [3.05, 3.63) is 105 Å². The summed E-state index contributed by atoms with van der Waals surface area (Å²) in [6.07, 6.45) is 0. The summed E-state index contributed by atoms with van der Waals surface area (Å²) in [6.45, 7) is 6.37. The Hall–Kier alpha value is -3.02. The SMILES string of the molecule is CC.Cc1ccc(-c2cc(Br)ccc2OCc2cccc(Cl)c2)n1-c1cccc(C(=O)O)c1. The predicted octanol–water partition coefficient (Wildman–Crippen LogP) is 8.17. The van der Waals surface area contributed by atoms with Crippen LogP contribution in [0.2, 0.25) is 5.02 Å². The Bertz CT molecular complexity index is 1270. The standard InChI is InChI=1S/C25H19BrClNO3.C2H6/c1-16-8-10-23(28(16)21-7-3-5-18(13-21)25(29)30)22-14-19(26)9-11-24(22)31-15-17-4-2-6-20(27)12-17;1-2/h2-14H,15H2,1H3,(H,29,30);1-2H3. The maximum absolute atomic E-state index is 11.5. The number of ether oxygens (including phenoxy) is 1. The van der Waals surface area contributed by atoms with Crippen LogP contribution in [0.3, 0.4) is 0 Å². The summed E-state index contributed by atoms with van der Waals surface area (Å²) in [5.41, 5.74) is 4.77. The molecule has 1 heterocycles. The molecule has 0 aliphatic heterocycles. The third-order valence-electron chi connectivity index (χ3n) is 4.93. The molecule has 1 aromatic heterocycles. The van der Waals surface area contributed by atoms with Crippen LogP contribution in [0.15, 0.2) is 83.3 Å². The topological polar surface area (TPSA) is 51.5 Å². The molecule has 1 N–H and O–H groups in total. The average molecular weight is 527 g/mol. The maximum Gasteiger partial charge on any atom is 0.335 e. The van der Waals surface area contributed by atoms with E-state index < -0.39 is 5.97 Å². The second-order valence-corrected chi connectivity index (χ2v) is 8.46. The van der Waals surface area contributed by atoms with Crippen molar-refractivity contribution < 1.29 is 14.6 Å². The Morgan fingerprint density at radius 1 is 1.00 bits per heavy atom. The Morgan fingerprint density at radius 3 is 2.48 bits per heavy atom. The Morgan fingerprint density at radius 2 is 1.76 bits per heavy atom. The van der Waals surface area contributed by atoms with Crippen LogP contribution in [-0.2, 0) is 6.61 Å². The van der Waals surface area contributed by atoms with Gasteiger partial charge in [0.25, 0.3) is 0 Å². The molecule has 0 aliphatic rings. The van der Waals surface area contributed by atoms with Crippen molar-refractivity contribution in [2.24, 2.45) is 0 Å². The number of aromatic carboxylic acids is 1. The van der Waals surface area contributed by atoms with E-state index in [4.69, 9.17) is 16.3 Å². The third kappa shape index (κ3) is 5.86. The van der Waals surface area contributed by atoms with Crippen LogP contribution in [0.1, 0.15) is 35.5 Å². The molecule has 170 valence electrons. The second-order valence-electron chi connectivity index (χ2n) is 7.11. The molecule has 3 aromatic carbocycles. The number of carboxylic acid groups (broad SMARTS) is 1. The van der Waals surface area contributed by atoms with Gasteiger partial charge in [0, 0.05) is 26.4 Å². The zero-order chi connectivity index (χ0) is 24.0. The number of hydrogen-bond donors (Lipinski definition) is 1. The molecule has 4 rings (SSSR count). The highest BCUT2D eigenvalue weighted by atomic mass is 79.9. The fraction of sp³-hybridized carbons (Fsp3) is 0.148. The lowest BCUT2D eigenvalue weighted by Crippen LogP contribution is -2.04. The van der Waals surface area contributed by atoms with Crippen molar-refractivity contribution in [3.63, 3.8) is 0 Å². The minimum atomic E-state index is -0.957. The monoisotopic (exact) mass is 525 g/mol. The fourth-order valence-corrected chi connectivity index (χ4v) is 4.06. The number of aryl methyl sites for hydroxylation is 1. The van der Waals surface area contributed by atoms with Crippen molar-refractivity contribution in [2.45, 2.75) is 27.4 Å². The highest BCUT2D eigenvalue weighted by molar-refractivity contribution is 9.10. The summed E-state index contributed by atoms with van der Waals surface area (Å²) in [6, 6.07) is 24.3. The second kappa shape index (κ2) is 11.2. The Kier molecular flexibility index (Phi) is 8.37. The van der Waals surface area contributed by atoms with Crippen LogP contribution in [0, 0.1) is 6.92 Å². The lowest BCUT2D eigenvalue weighted by atomic mass is 10.1. The predicted molar refractivity (Wildman–Crippen MR) is 138 cm³/mol. The first-order chi connectivity index (χ1) is 15.9. The van der Waals surface area contributed by atoms with Crippen LogP contribution in [-0.4, -0.2) is 15.6 Å². The van der Waals surface area contributed by atoms with E-state index >= 15 is 0 Å². The number of rotatable bonds is 6. The molecule has 0 radical (unpaired) electrons. The first kappa shape index (κ1) is 24.6. The summed E-state index contributed by atoms with van der Waals surface area (Å²) in [5.74, 6) is -0.238. The lowest BCUT2D eigenvalue weighted by Gasteiger charge is -2.16. The molecule has 0 bridgehead atoms. The van der Waals surface area contributed by atoms with Crippen molar-refractivity contribution in [2.75, 3.05) is 0 Å². The molecule has 0 saturated carbocycles. The van der Waals surface area contributed by atoms with E-state index in [9.17, 15) is 9.90 Å². The quantitative estimate of drug-likeness (QED) is 0.276. The van der Waals surface area contributed by atoms with Crippen molar-refractivity contribution in [1.29, 1.82) is 0 Å². The lowest BCUT2D eigenvalue weighted by molar-refractivity contribution is 0.0697. The first-order valence-corrected chi connectivity index (χ1v) is 11.8. The molecule has 0 spiro atoms. The van der Waals surface area contributed by atoms with Gasteiger partial charge in [-0.05, 0) is 73.2 Å². The van der Waals surface area contributed by atoms with Gasteiger partial charge in [0.05, 0.1) is 11.3 Å². The van der Waals surface area contributed by atoms with E-state index in [2.05, 4.69) is 15.9 Å². The summed E-state index contributed by atoms with van der Waals surface area (Å²) < 4.78 is 9.11. The summed E-state index contributed by atoms with van der Waals surface area (Å²) in [7, 11) is 0. The molecule has 0 unspecified atom stereocenters. The largest absolute Gasteiger partial charge is 0.488 e. The molecular formula is C27H25BrClNO3. The molecule has 4 aromatic rings. The van der Waals surface area contributed by atoms with Gasteiger partial charge in [0.2, 0.25) is 0 Å². The number of carboxylic acids is 1. The van der Waals surface area contributed by atoms with Gasteiger partial charge in [-0.2, -0.15) is 0 Å². The summed E-state index contributed by atoms with van der Waals surface area (Å²) in [5, 5.41) is 10.1. The number of benzene rings is 3. The zero-order valence-electron chi connectivity index (χ0n) is 18.7. The first-order valence-electron chi connectivity index (χ1n) is 10.6. The van der Waals surface area contributed by atoms with Gasteiger partial charge in [0.1, 0.15) is 12.4 Å². The van der Waals surface area contributed by atoms with Crippen LogP contribution >= 0.6 is 27.5 Å². The number of nitrogens with zero attached hydrogens (tertiary/aromatic N) is 1. The average Bonchev–Trinajstić information content (AvgIpc) is 3.21. The molecule has 33 heavy (non-hydrogen) atoms. The number of hydrogen-bond acceptors (Lipinski definition) is 2. The van der Waals surface area contributed by atoms with Gasteiger partial charge in [0.15, 0.2) is 0 Å². The van der Waals surface area contributed by atoms with E-state index in [-0.39, 0.29) is 5.56 Å². The van der Waals surface area contributed by atoms with E-state index in [0.29, 0.717) is 11.6 Å². The minimum absolute atomic E-state index is 0.239. The normalized spacial score (nSPS) is 10.3.